The molecule has 0 bridgehead atoms. The fourth-order valence-electron chi connectivity index (χ4n) is 0.914. The Morgan fingerprint density at radius 2 is 2.40 bits per heavy atom. The zero-order valence-corrected chi connectivity index (χ0v) is 9.25. The molecule has 4 heteroatoms. The van der Waals surface area contributed by atoms with Crippen LogP contribution >= 0.6 is 12.6 Å². The summed E-state index contributed by atoms with van der Waals surface area (Å²) in [5.74, 6) is 6.14. The number of esters is 1. The molecule has 1 aromatic heterocycles. The van der Waals surface area contributed by atoms with Crippen molar-refractivity contribution in [3.05, 3.63) is 29.6 Å². The molecule has 0 amide bonds. The summed E-state index contributed by atoms with van der Waals surface area (Å²) in [6.45, 7) is 0. The number of thiol groups is 1. The Bertz CT molecular complexity index is 389. The van der Waals surface area contributed by atoms with E-state index >= 15 is 0 Å². The molecule has 3 nitrogen and oxygen atoms in total. The molecule has 0 N–H and O–H groups in total. The Morgan fingerprint density at radius 3 is 2.93 bits per heavy atom. The van der Waals surface area contributed by atoms with E-state index in [4.69, 9.17) is 0 Å². The third kappa shape index (κ3) is 3.64. The maximum atomic E-state index is 11.1. The van der Waals surface area contributed by atoms with Crippen LogP contribution in [0.25, 0.3) is 0 Å². The van der Waals surface area contributed by atoms with E-state index in [0.29, 0.717) is 0 Å². The lowest BCUT2D eigenvalue weighted by Crippen LogP contribution is -2.03. The first kappa shape index (κ1) is 11.6. The number of aromatic nitrogens is 1. The monoisotopic (exact) mass is 221 g/mol. The van der Waals surface area contributed by atoms with Crippen LogP contribution in [0.5, 0.6) is 0 Å². The van der Waals surface area contributed by atoms with Crippen LogP contribution in [0.4, 0.5) is 0 Å². The standard InChI is InChI=1S/C11H11NO2S/c1-14-11(13)10-6-5-9(8-12-10)4-2-3-7-15/h5-6,8,15H,3,7H2,1H3. The van der Waals surface area contributed by atoms with Crippen LogP contribution in [-0.4, -0.2) is 23.8 Å². The predicted octanol–water partition coefficient (Wildman–Crippen LogP) is 1.54. The number of methoxy groups -OCH3 is 1. The molecule has 0 unspecified atom stereocenters. The molecule has 1 heterocycles. The van der Waals surface area contributed by atoms with E-state index < -0.39 is 5.97 Å². The van der Waals surface area contributed by atoms with Crippen LogP contribution in [0.3, 0.4) is 0 Å². The average Bonchev–Trinajstić information content (AvgIpc) is 2.29. The van der Waals surface area contributed by atoms with E-state index in [1.807, 2.05) is 0 Å². The first-order valence-corrected chi connectivity index (χ1v) is 5.05. The summed E-state index contributed by atoms with van der Waals surface area (Å²) < 4.78 is 4.53. The molecule has 0 saturated heterocycles. The van der Waals surface area contributed by atoms with Gasteiger partial charge in [-0.25, -0.2) is 9.78 Å². The van der Waals surface area contributed by atoms with E-state index in [0.717, 1.165) is 17.7 Å². The lowest BCUT2D eigenvalue weighted by atomic mass is 10.2. The highest BCUT2D eigenvalue weighted by Crippen LogP contribution is 2.00. The van der Waals surface area contributed by atoms with E-state index in [9.17, 15) is 4.79 Å². The van der Waals surface area contributed by atoms with Crippen molar-refractivity contribution in [3.8, 4) is 11.8 Å². The summed E-state index contributed by atoms with van der Waals surface area (Å²) >= 11 is 4.04. The van der Waals surface area contributed by atoms with Gasteiger partial charge in [-0.1, -0.05) is 11.8 Å². The van der Waals surface area contributed by atoms with Crippen LogP contribution in [0.15, 0.2) is 18.3 Å². The molecule has 0 spiro atoms. The lowest BCUT2D eigenvalue weighted by molar-refractivity contribution is 0.0594. The topological polar surface area (TPSA) is 39.2 Å². The molecule has 0 fully saturated rings. The first-order chi connectivity index (χ1) is 7.27. The van der Waals surface area contributed by atoms with Crippen molar-refractivity contribution >= 4 is 18.6 Å². The number of pyridine rings is 1. The van der Waals surface area contributed by atoms with Crippen molar-refractivity contribution in [1.82, 2.24) is 4.98 Å². The Balaban J connectivity index is 2.73. The van der Waals surface area contributed by atoms with Crippen LogP contribution in [0.2, 0.25) is 0 Å². The van der Waals surface area contributed by atoms with E-state index in [2.05, 4.69) is 34.2 Å². The Labute approximate surface area is 94.3 Å². The highest BCUT2D eigenvalue weighted by atomic mass is 32.1. The van der Waals surface area contributed by atoms with Gasteiger partial charge >= 0.3 is 5.97 Å². The highest BCUT2D eigenvalue weighted by molar-refractivity contribution is 7.80. The second kappa shape index (κ2) is 6.10. The molecule has 0 radical (unpaired) electrons. The number of carbonyl (C=O) groups excluding carboxylic acids is 1. The minimum absolute atomic E-state index is 0.289. The number of ether oxygens (including phenoxy) is 1. The van der Waals surface area contributed by atoms with Crippen molar-refractivity contribution < 1.29 is 9.53 Å². The van der Waals surface area contributed by atoms with Gasteiger partial charge < -0.3 is 4.74 Å². The maximum absolute atomic E-state index is 11.1. The minimum atomic E-state index is -0.440. The quantitative estimate of drug-likeness (QED) is 0.468. The van der Waals surface area contributed by atoms with Gasteiger partial charge in [-0.15, -0.1) is 0 Å². The summed E-state index contributed by atoms with van der Waals surface area (Å²) in [5, 5.41) is 0. The van der Waals surface area contributed by atoms with Gasteiger partial charge in [0.2, 0.25) is 0 Å². The molecule has 0 aliphatic rings. The molecular weight excluding hydrogens is 210 g/mol. The number of nitrogens with zero attached hydrogens (tertiary/aromatic N) is 1. The smallest absolute Gasteiger partial charge is 0.356 e. The van der Waals surface area contributed by atoms with Crippen LogP contribution in [0.1, 0.15) is 22.5 Å². The SMILES string of the molecule is COC(=O)c1ccc(C#CCCS)cn1. The third-order valence-electron chi connectivity index (χ3n) is 1.63. The van der Waals surface area contributed by atoms with E-state index in [1.165, 1.54) is 7.11 Å². The van der Waals surface area contributed by atoms with Gasteiger partial charge in [-0.2, -0.15) is 12.6 Å². The van der Waals surface area contributed by atoms with Crippen molar-refractivity contribution in [2.45, 2.75) is 6.42 Å². The molecule has 0 aliphatic carbocycles. The molecule has 1 aromatic rings. The van der Waals surface area contributed by atoms with Crippen molar-refractivity contribution in [3.63, 3.8) is 0 Å². The van der Waals surface area contributed by atoms with Crippen LogP contribution in [-0.2, 0) is 4.74 Å². The number of carbonyl (C=O) groups is 1. The lowest BCUT2D eigenvalue weighted by Gasteiger charge is -1.96. The highest BCUT2D eigenvalue weighted by Gasteiger charge is 2.04. The normalized spacial score (nSPS) is 8.93. The van der Waals surface area contributed by atoms with Crippen molar-refractivity contribution in [1.29, 1.82) is 0 Å². The summed E-state index contributed by atoms with van der Waals surface area (Å²) in [5.41, 5.74) is 1.07. The Hall–Kier alpha value is -1.47. The van der Waals surface area contributed by atoms with Crippen molar-refractivity contribution in [2.24, 2.45) is 0 Å². The molecule has 0 saturated carbocycles. The largest absolute Gasteiger partial charge is 0.464 e. The fourth-order valence-corrected chi connectivity index (χ4v) is 1.03. The number of hydrogen-bond donors (Lipinski definition) is 1. The molecule has 15 heavy (non-hydrogen) atoms. The van der Waals surface area contributed by atoms with Crippen LogP contribution < -0.4 is 0 Å². The Kier molecular flexibility index (Phi) is 4.72. The summed E-state index contributed by atoms with van der Waals surface area (Å²) in [6, 6.07) is 3.33. The molecule has 78 valence electrons. The van der Waals surface area contributed by atoms with Gasteiger partial charge in [0, 0.05) is 23.9 Å². The molecule has 1 rings (SSSR count). The van der Waals surface area contributed by atoms with Gasteiger partial charge in [0.15, 0.2) is 0 Å². The average molecular weight is 221 g/mol. The maximum Gasteiger partial charge on any atom is 0.356 e. The zero-order valence-electron chi connectivity index (χ0n) is 8.36. The second-order valence-electron chi connectivity index (χ2n) is 2.70. The molecule has 0 atom stereocenters. The van der Waals surface area contributed by atoms with Gasteiger partial charge in [-0.05, 0) is 12.1 Å². The van der Waals surface area contributed by atoms with Gasteiger partial charge in [-0.3, -0.25) is 0 Å². The first-order valence-electron chi connectivity index (χ1n) is 4.42. The number of hydrogen-bond acceptors (Lipinski definition) is 4. The molecular formula is C11H11NO2S. The fraction of sp³-hybridized carbons (Fsp3) is 0.273. The van der Waals surface area contributed by atoms with E-state index in [-0.39, 0.29) is 5.69 Å². The second-order valence-corrected chi connectivity index (χ2v) is 3.15. The summed E-state index contributed by atoms with van der Waals surface area (Å²) in [7, 11) is 1.32. The third-order valence-corrected chi connectivity index (χ3v) is 1.85. The van der Waals surface area contributed by atoms with Gasteiger partial charge in [0.25, 0.3) is 0 Å². The van der Waals surface area contributed by atoms with Gasteiger partial charge in [0.1, 0.15) is 5.69 Å². The minimum Gasteiger partial charge on any atom is -0.464 e. The molecule has 0 aliphatic heterocycles. The van der Waals surface area contributed by atoms with Crippen molar-refractivity contribution in [2.75, 3.05) is 12.9 Å². The molecule has 0 aromatic carbocycles. The van der Waals surface area contributed by atoms with Crippen LogP contribution in [0, 0.1) is 11.8 Å². The summed E-state index contributed by atoms with van der Waals surface area (Å²) in [6.07, 6.45) is 2.29. The summed E-state index contributed by atoms with van der Waals surface area (Å²) in [4.78, 5) is 15.0. The zero-order chi connectivity index (χ0) is 11.1. The van der Waals surface area contributed by atoms with E-state index in [1.54, 1.807) is 18.3 Å². The van der Waals surface area contributed by atoms with Gasteiger partial charge in [0.05, 0.1) is 7.11 Å². The number of rotatable bonds is 2. The Morgan fingerprint density at radius 1 is 1.60 bits per heavy atom. The predicted molar refractivity (Wildman–Crippen MR) is 60.9 cm³/mol.